The molecule has 6 nitrogen and oxygen atoms in total. The molecule has 2 heterocycles. The molecule has 0 aliphatic carbocycles. The van der Waals surface area contributed by atoms with Crippen molar-refractivity contribution in [3.63, 3.8) is 0 Å². The summed E-state index contributed by atoms with van der Waals surface area (Å²) < 4.78 is 37.2. The van der Waals surface area contributed by atoms with Gasteiger partial charge in [-0.25, -0.2) is 12.8 Å². The Balaban J connectivity index is 0.00000156. The number of sulfone groups is 1. The van der Waals surface area contributed by atoms with E-state index in [0.717, 1.165) is 12.1 Å². The third kappa shape index (κ3) is 5.52. The zero-order chi connectivity index (χ0) is 16.4. The molecule has 1 aromatic carbocycles. The van der Waals surface area contributed by atoms with Crippen molar-refractivity contribution >= 4 is 46.2 Å². The van der Waals surface area contributed by atoms with Gasteiger partial charge in [-0.2, -0.15) is 0 Å². The maximum Gasteiger partial charge on any atom is 0.238 e. The lowest BCUT2D eigenvalue weighted by Crippen LogP contribution is -2.44. The minimum atomic E-state index is -2.97. The van der Waals surface area contributed by atoms with Crippen LogP contribution >= 0.6 is 24.8 Å². The smallest absolute Gasteiger partial charge is 0.238 e. The normalized spacial score (nSPS) is 19.1. The van der Waals surface area contributed by atoms with Crippen LogP contribution in [0.2, 0.25) is 0 Å². The summed E-state index contributed by atoms with van der Waals surface area (Å²) in [5.74, 6) is -0.545. The van der Waals surface area contributed by atoms with Crippen molar-refractivity contribution in [1.29, 1.82) is 0 Å². The highest BCUT2D eigenvalue weighted by Gasteiger charge is 2.23. The van der Waals surface area contributed by atoms with Crippen LogP contribution in [0.3, 0.4) is 0 Å². The van der Waals surface area contributed by atoms with Crippen molar-refractivity contribution in [2.75, 3.05) is 43.0 Å². The van der Waals surface area contributed by atoms with Crippen molar-refractivity contribution in [1.82, 2.24) is 10.2 Å². The van der Waals surface area contributed by atoms with E-state index in [1.165, 1.54) is 0 Å². The number of benzene rings is 1. The second-order valence-electron chi connectivity index (χ2n) is 5.97. The van der Waals surface area contributed by atoms with Crippen molar-refractivity contribution in [2.45, 2.75) is 13.0 Å². The van der Waals surface area contributed by atoms with E-state index in [0.29, 0.717) is 31.6 Å². The molecular weight excluding hydrogens is 392 g/mol. The number of anilines is 1. The number of hydrogen-bond acceptors (Lipinski definition) is 5. The number of halogens is 3. The molecule has 1 saturated heterocycles. The summed E-state index contributed by atoms with van der Waals surface area (Å²) in [6, 6.07) is 3.41. The summed E-state index contributed by atoms with van der Waals surface area (Å²) in [6.07, 6.45) is 0.606. The Bertz CT molecular complexity index is 717. The third-order valence-electron chi connectivity index (χ3n) is 4.29. The topological polar surface area (TPSA) is 78.5 Å². The van der Waals surface area contributed by atoms with Gasteiger partial charge in [0.25, 0.3) is 0 Å². The molecule has 2 aliphatic rings. The van der Waals surface area contributed by atoms with E-state index >= 15 is 0 Å². The third-order valence-corrected chi connectivity index (χ3v) is 5.89. The quantitative estimate of drug-likeness (QED) is 0.771. The van der Waals surface area contributed by atoms with Crippen LogP contribution in [-0.2, 0) is 27.6 Å². The summed E-state index contributed by atoms with van der Waals surface area (Å²) in [5, 5.41) is 5.78. The first-order chi connectivity index (χ1) is 10.9. The monoisotopic (exact) mass is 413 g/mol. The first-order valence-corrected chi connectivity index (χ1v) is 9.50. The largest absolute Gasteiger partial charge is 0.322 e. The van der Waals surface area contributed by atoms with Gasteiger partial charge in [0.2, 0.25) is 5.91 Å². The van der Waals surface area contributed by atoms with E-state index in [9.17, 15) is 17.6 Å². The number of carbonyl (C=O) groups excluding carboxylic acids is 1. The lowest BCUT2D eigenvalue weighted by molar-refractivity contribution is -0.117. The molecule has 25 heavy (non-hydrogen) atoms. The summed E-state index contributed by atoms with van der Waals surface area (Å²) in [7, 11) is -2.97. The van der Waals surface area contributed by atoms with E-state index in [1.54, 1.807) is 11.0 Å². The van der Waals surface area contributed by atoms with Crippen molar-refractivity contribution in [3.8, 4) is 0 Å². The summed E-state index contributed by atoms with van der Waals surface area (Å²) >= 11 is 0. The molecule has 2 aliphatic heterocycles. The minimum Gasteiger partial charge on any atom is -0.322 e. The van der Waals surface area contributed by atoms with Crippen LogP contribution in [-0.4, -0.2) is 56.9 Å². The molecule has 0 unspecified atom stereocenters. The van der Waals surface area contributed by atoms with Crippen molar-refractivity contribution in [2.24, 2.45) is 0 Å². The fourth-order valence-electron chi connectivity index (χ4n) is 2.93. The molecule has 10 heteroatoms. The second-order valence-corrected chi connectivity index (χ2v) is 8.27. The van der Waals surface area contributed by atoms with E-state index in [4.69, 9.17) is 0 Å². The van der Waals surface area contributed by atoms with E-state index in [-0.39, 0.29) is 60.3 Å². The molecule has 3 rings (SSSR count). The predicted octanol–water partition coefficient (Wildman–Crippen LogP) is 0.984. The maximum absolute atomic E-state index is 14.5. The molecule has 0 bridgehead atoms. The highest BCUT2D eigenvalue weighted by atomic mass is 35.5. The maximum atomic E-state index is 14.5. The number of rotatable bonds is 3. The van der Waals surface area contributed by atoms with Gasteiger partial charge in [-0.15, -0.1) is 24.8 Å². The average molecular weight is 414 g/mol. The lowest BCUT2D eigenvalue weighted by Gasteiger charge is -2.26. The number of amides is 1. The lowest BCUT2D eigenvalue weighted by atomic mass is 9.99. The molecule has 2 N–H and O–H groups in total. The van der Waals surface area contributed by atoms with Crippen molar-refractivity contribution < 1.29 is 17.6 Å². The van der Waals surface area contributed by atoms with Crippen LogP contribution < -0.4 is 10.6 Å². The fourth-order valence-corrected chi connectivity index (χ4v) is 4.21. The Kier molecular flexibility index (Phi) is 8.08. The van der Waals surface area contributed by atoms with Crippen molar-refractivity contribution in [3.05, 3.63) is 29.1 Å². The van der Waals surface area contributed by atoms with Gasteiger partial charge in [-0.1, -0.05) is 6.07 Å². The minimum absolute atomic E-state index is 0. The predicted molar refractivity (Wildman–Crippen MR) is 100 cm³/mol. The van der Waals surface area contributed by atoms with E-state index in [1.807, 2.05) is 6.07 Å². The standard InChI is InChI=1S/C15H20FN3O3S.2ClH/c16-15-12-3-4-17-9-11(12)1-2-13(15)18-14(20)10-19-5-7-23(21,22)8-6-19;;/h1-2,17H,3-10H2,(H,18,20);2*1H. The molecule has 142 valence electrons. The Morgan fingerprint density at radius 3 is 2.60 bits per heavy atom. The Labute approximate surface area is 159 Å². The number of nitrogens with zero attached hydrogens (tertiary/aromatic N) is 1. The highest BCUT2D eigenvalue weighted by molar-refractivity contribution is 7.91. The molecule has 1 fully saturated rings. The zero-order valence-corrected chi connectivity index (χ0v) is 16.0. The Hall–Kier alpha value is -0.930. The first kappa shape index (κ1) is 22.1. The number of hydrogen-bond donors (Lipinski definition) is 2. The van der Waals surface area contributed by atoms with Gasteiger partial charge in [0.05, 0.1) is 23.7 Å². The number of carbonyl (C=O) groups is 1. The highest BCUT2D eigenvalue weighted by Crippen LogP contribution is 2.24. The van der Waals surface area contributed by atoms with Gasteiger partial charge in [0.1, 0.15) is 5.82 Å². The number of fused-ring (bicyclic) bond motifs is 1. The van der Waals surface area contributed by atoms with E-state index < -0.39 is 9.84 Å². The van der Waals surface area contributed by atoms with Crippen LogP contribution in [0.15, 0.2) is 12.1 Å². The SMILES string of the molecule is Cl.Cl.O=C(CN1CCS(=O)(=O)CC1)Nc1ccc2c(c1F)CCNC2. The molecule has 0 saturated carbocycles. The molecule has 0 spiro atoms. The fraction of sp³-hybridized carbons (Fsp3) is 0.533. The molecule has 1 aromatic rings. The van der Waals surface area contributed by atoms with Gasteiger partial charge in [-0.05, 0) is 30.2 Å². The van der Waals surface area contributed by atoms with Gasteiger partial charge in [0, 0.05) is 19.6 Å². The van der Waals surface area contributed by atoms with Gasteiger partial charge in [0.15, 0.2) is 9.84 Å². The summed E-state index contributed by atoms with van der Waals surface area (Å²) in [6.45, 7) is 2.13. The van der Waals surface area contributed by atoms with Crippen LogP contribution in [0.1, 0.15) is 11.1 Å². The molecular formula is C15H22Cl2FN3O3S. The Morgan fingerprint density at radius 2 is 1.92 bits per heavy atom. The van der Waals surface area contributed by atoms with Gasteiger partial charge < -0.3 is 10.6 Å². The molecule has 0 radical (unpaired) electrons. The second kappa shape index (κ2) is 9.14. The first-order valence-electron chi connectivity index (χ1n) is 7.68. The van der Waals surface area contributed by atoms with Gasteiger partial charge in [-0.3, -0.25) is 9.69 Å². The molecule has 0 atom stereocenters. The molecule has 0 aromatic heterocycles. The van der Waals surface area contributed by atoms with Crippen LogP contribution in [0.5, 0.6) is 0 Å². The summed E-state index contributed by atoms with van der Waals surface area (Å²) in [4.78, 5) is 13.9. The number of nitrogens with one attached hydrogen (secondary N) is 2. The molecule has 1 amide bonds. The van der Waals surface area contributed by atoms with E-state index in [2.05, 4.69) is 10.6 Å². The van der Waals surface area contributed by atoms with Crippen LogP contribution in [0.25, 0.3) is 0 Å². The summed E-state index contributed by atoms with van der Waals surface area (Å²) in [5.41, 5.74) is 1.78. The average Bonchev–Trinajstić information content (AvgIpc) is 2.52. The van der Waals surface area contributed by atoms with Crippen LogP contribution in [0, 0.1) is 5.82 Å². The van der Waals surface area contributed by atoms with Crippen LogP contribution in [0.4, 0.5) is 10.1 Å². The Morgan fingerprint density at radius 1 is 1.24 bits per heavy atom. The van der Waals surface area contributed by atoms with Gasteiger partial charge >= 0.3 is 0 Å². The zero-order valence-electron chi connectivity index (χ0n) is 13.6.